The Hall–Kier alpha value is -1.40. The van der Waals surface area contributed by atoms with Crippen LogP contribution in [0.2, 0.25) is 0 Å². The minimum absolute atomic E-state index is 0.0204. The van der Waals surface area contributed by atoms with Crippen molar-refractivity contribution in [3.05, 3.63) is 12.3 Å². The molecule has 1 saturated heterocycles. The van der Waals surface area contributed by atoms with Crippen LogP contribution in [0, 0.1) is 11.8 Å². The largest absolute Gasteiger partial charge is 0.381 e. The van der Waals surface area contributed by atoms with Gasteiger partial charge in [0.2, 0.25) is 5.91 Å². The molecular formula is C12H20N4O2. The molecule has 1 unspecified atom stereocenters. The van der Waals surface area contributed by atoms with Gasteiger partial charge >= 0.3 is 0 Å². The quantitative estimate of drug-likeness (QED) is 0.810. The molecule has 2 rings (SSSR count). The molecule has 1 amide bonds. The number of nitrogens with two attached hydrogens (primary N) is 1. The third-order valence-electron chi connectivity index (χ3n) is 3.50. The molecule has 1 atom stereocenters. The van der Waals surface area contributed by atoms with Crippen LogP contribution < -0.4 is 11.1 Å². The molecule has 6 heteroatoms. The van der Waals surface area contributed by atoms with Gasteiger partial charge in [-0.3, -0.25) is 9.48 Å². The summed E-state index contributed by atoms with van der Waals surface area (Å²) in [4.78, 5) is 12.2. The summed E-state index contributed by atoms with van der Waals surface area (Å²) in [5.74, 6) is 0.847. The molecule has 2 heterocycles. The lowest BCUT2D eigenvalue weighted by molar-refractivity contribution is -0.122. The highest BCUT2D eigenvalue weighted by Crippen LogP contribution is 2.24. The van der Waals surface area contributed by atoms with Crippen LogP contribution in [0.4, 0.5) is 5.82 Å². The number of anilines is 1. The highest BCUT2D eigenvalue weighted by Gasteiger charge is 2.29. The number of nitrogens with one attached hydrogen (secondary N) is 1. The lowest BCUT2D eigenvalue weighted by Crippen LogP contribution is -2.38. The maximum absolute atomic E-state index is 12.2. The van der Waals surface area contributed by atoms with Gasteiger partial charge in [-0.05, 0) is 18.8 Å². The van der Waals surface area contributed by atoms with Crippen LogP contribution in [0.1, 0.15) is 12.8 Å². The Balaban J connectivity index is 1.99. The summed E-state index contributed by atoms with van der Waals surface area (Å²) < 4.78 is 6.95. The Bertz CT molecular complexity index is 399. The zero-order valence-corrected chi connectivity index (χ0v) is 10.6. The topological polar surface area (TPSA) is 82.2 Å². The smallest absolute Gasteiger partial charge is 0.230 e. The third-order valence-corrected chi connectivity index (χ3v) is 3.50. The predicted molar refractivity (Wildman–Crippen MR) is 67.9 cm³/mol. The van der Waals surface area contributed by atoms with Gasteiger partial charge in [0.1, 0.15) is 5.82 Å². The van der Waals surface area contributed by atoms with E-state index < -0.39 is 0 Å². The van der Waals surface area contributed by atoms with Crippen LogP contribution >= 0.6 is 0 Å². The molecule has 1 fully saturated rings. The van der Waals surface area contributed by atoms with Crippen molar-refractivity contribution in [2.75, 3.05) is 25.1 Å². The van der Waals surface area contributed by atoms with Crippen molar-refractivity contribution in [1.82, 2.24) is 9.78 Å². The van der Waals surface area contributed by atoms with E-state index in [1.54, 1.807) is 24.0 Å². The molecule has 6 nitrogen and oxygen atoms in total. The fraction of sp³-hybridized carbons (Fsp3) is 0.667. The number of aromatic nitrogens is 2. The summed E-state index contributed by atoms with van der Waals surface area (Å²) in [6.45, 7) is 1.81. The van der Waals surface area contributed by atoms with Crippen molar-refractivity contribution in [2.24, 2.45) is 24.6 Å². The van der Waals surface area contributed by atoms with Crippen molar-refractivity contribution in [2.45, 2.75) is 12.8 Å². The maximum Gasteiger partial charge on any atom is 0.230 e. The molecule has 0 radical (unpaired) electrons. The minimum atomic E-state index is -0.149. The number of hydrogen-bond acceptors (Lipinski definition) is 4. The van der Waals surface area contributed by atoms with Crippen molar-refractivity contribution in [3.63, 3.8) is 0 Å². The van der Waals surface area contributed by atoms with E-state index in [2.05, 4.69) is 10.4 Å². The molecule has 1 aromatic heterocycles. The Morgan fingerprint density at radius 3 is 2.94 bits per heavy atom. The number of hydrogen-bond donors (Lipinski definition) is 2. The molecular weight excluding hydrogens is 232 g/mol. The lowest BCUT2D eigenvalue weighted by atomic mass is 9.85. The van der Waals surface area contributed by atoms with Crippen molar-refractivity contribution in [1.29, 1.82) is 0 Å². The average Bonchev–Trinajstić information content (AvgIpc) is 2.77. The number of aryl methyl sites for hydroxylation is 1. The molecule has 0 bridgehead atoms. The molecule has 100 valence electrons. The average molecular weight is 252 g/mol. The monoisotopic (exact) mass is 252 g/mol. The Morgan fingerprint density at radius 2 is 2.39 bits per heavy atom. The van der Waals surface area contributed by atoms with Crippen molar-refractivity contribution in [3.8, 4) is 0 Å². The zero-order valence-electron chi connectivity index (χ0n) is 10.6. The number of carbonyl (C=O) groups is 1. The van der Waals surface area contributed by atoms with Crippen LogP contribution in [-0.4, -0.2) is 35.4 Å². The van der Waals surface area contributed by atoms with Crippen molar-refractivity contribution >= 4 is 11.7 Å². The van der Waals surface area contributed by atoms with Crippen LogP contribution in [0.3, 0.4) is 0 Å². The highest BCUT2D eigenvalue weighted by molar-refractivity contribution is 5.92. The number of rotatable bonds is 4. The number of carbonyl (C=O) groups excluding carboxylic acids is 1. The minimum Gasteiger partial charge on any atom is -0.381 e. The van der Waals surface area contributed by atoms with E-state index in [4.69, 9.17) is 10.5 Å². The van der Waals surface area contributed by atoms with Gasteiger partial charge in [-0.1, -0.05) is 0 Å². The first-order chi connectivity index (χ1) is 8.72. The summed E-state index contributed by atoms with van der Waals surface area (Å²) in [5.41, 5.74) is 5.75. The molecule has 0 spiro atoms. The van der Waals surface area contributed by atoms with Crippen LogP contribution in [0.15, 0.2) is 12.3 Å². The molecule has 0 aromatic carbocycles. The van der Waals surface area contributed by atoms with Gasteiger partial charge in [0.25, 0.3) is 0 Å². The summed E-state index contributed by atoms with van der Waals surface area (Å²) in [7, 11) is 1.79. The maximum atomic E-state index is 12.2. The normalized spacial score (nSPS) is 18.6. The van der Waals surface area contributed by atoms with Gasteiger partial charge in [-0.25, -0.2) is 0 Å². The second-order valence-corrected chi connectivity index (χ2v) is 4.62. The molecule has 3 N–H and O–H groups in total. The van der Waals surface area contributed by atoms with Crippen LogP contribution in [0.5, 0.6) is 0 Å². The lowest BCUT2D eigenvalue weighted by Gasteiger charge is -2.28. The van der Waals surface area contributed by atoms with E-state index in [1.165, 1.54) is 0 Å². The summed E-state index contributed by atoms with van der Waals surface area (Å²) in [6.07, 6.45) is 3.46. The fourth-order valence-corrected chi connectivity index (χ4v) is 2.35. The van der Waals surface area contributed by atoms with E-state index in [9.17, 15) is 4.79 Å². The Morgan fingerprint density at radius 1 is 1.67 bits per heavy atom. The van der Waals surface area contributed by atoms with E-state index in [0.29, 0.717) is 18.3 Å². The predicted octanol–water partition coefficient (Wildman–Crippen LogP) is 0.360. The Kier molecular flexibility index (Phi) is 4.33. The SMILES string of the molecule is Cn1nccc1NC(=O)C(CN)C1CCOCC1. The van der Waals surface area contributed by atoms with E-state index in [-0.39, 0.29) is 11.8 Å². The van der Waals surface area contributed by atoms with Gasteiger partial charge < -0.3 is 15.8 Å². The third kappa shape index (κ3) is 2.88. The molecule has 18 heavy (non-hydrogen) atoms. The number of amides is 1. The summed E-state index contributed by atoms with van der Waals surface area (Å²) in [6, 6.07) is 1.77. The van der Waals surface area contributed by atoms with Gasteiger partial charge in [0.05, 0.1) is 12.1 Å². The molecule has 1 aromatic rings. The fourth-order valence-electron chi connectivity index (χ4n) is 2.35. The van der Waals surface area contributed by atoms with Crippen LogP contribution in [-0.2, 0) is 16.6 Å². The molecule has 0 saturated carbocycles. The summed E-state index contributed by atoms with van der Waals surface area (Å²) >= 11 is 0. The number of nitrogens with zero attached hydrogens (tertiary/aromatic N) is 2. The van der Waals surface area contributed by atoms with Gasteiger partial charge in [-0.2, -0.15) is 5.10 Å². The zero-order chi connectivity index (χ0) is 13.0. The van der Waals surface area contributed by atoms with E-state index >= 15 is 0 Å². The van der Waals surface area contributed by atoms with Crippen molar-refractivity contribution < 1.29 is 9.53 Å². The van der Waals surface area contributed by atoms with E-state index in [0.717, 1.165) is 26.1 Å². The Labute approximate surface area is 106 Å². The molecule has 0 aliphatic carbocycles. The number of ether oxygens (including phenoxy) is 1. The van der Waals surface area contributed by atoms with Crippen LogP contribution in [0.25, 0.3) is 0 Å². The second-order valence-electron chi connectivity index (χ2n) is 4.62. The first-order valence-electron chi connectivity index (χ1n) is 6.29. The highest BCUT2D eigenvalue weighted by atomic mass is 16.5. The second kappa shape index (κ2) is 5.97. The van der Waals surface area contributed by atoms with E-state index in [1.807, 2.05) is 0 Å². The van der Waals surface area contributed by atoms with Gasteiger partial charge in [0, 0.05) is 32.9 Å². The molecule has 1 aliphatic heterocycles. The first kappa shape index (κ1) is 13.0. The first-order valence-corrected chi connectivity index (χ1v) is 6.29. The standard InChI is InChI=1S/C12H20N4O2/c1-16-11(2-5-14-16)15-12(17)10(8-13)9-3-6-18-7-4-9/h2,5,9-10H,3-4,6-8,13H2,1H3,(H,15,17). The molecule has 1 aliphatic rings. The summed E-state index contributed by atoms with van der Waals surface area (Å²) in [5, 5.41) is 6.90. The van der Waals surface area contributed by atoms with Gasteiger partial charge in [0.15, 0.2) is 0 Å². The van der Waals surface area contributed by atoms with Gasteiger partial charge in [-0.15, -0.1) is 0 Å².